The van der Waals surface area contributed by atoms with Gasteiger partial charge in [-0.1, -0.05) is 36.4 Å². The fraction of sp³-hybridized carbons (Fsp3) is 0. The number of benzene rings is 2. The molecule has 0 saturated carbocycles. The number of nitro groups is 1. The number of aromatic nitrogens is 2. The molecular weight excluding hydrogens is 272 g/mol. The van der Waals surface area contributed by atoms with E-state index in [-0.39, 0.29) is 5.82 Å². The summed E-state index contributed by atoms with van der Waals surface area (Å²) in [6, 6.07) is 13.1. The molecule has 0 aliphatic rings. The van der Waals surface area contributed by atoms with Gasteiger partial charge in [0.05, 0.1) is 11.3 Å². The number of nitrogens with one attached hydrogen (secondary N) is 2. The SMILES string of the molecule is O=c1[nH]cnc(Nc2cccc3ccccc23)c1[N+](=O)[O-]. The molecule has 1 aromatic heterocycles. The quantitative estimate of drug-likeness (QED) is 0.568. The third kappa shape index (κ3) is 2.32. The van der Waals surface area contributed by atoms with Crippen molar-refractivity contribution in [2.24, 2.45) is 0 Å². The number of hydrogen-bond acceptors (Lipinski definition) is 5. The van der Waals surface area contributed by atoms with Crippen molar-refractivity contribution in [3.8, 4) is 0 Å². The first kappa shape index (κ1) is 12.8. The van der Waals surface area contributed by atoms with Crippen LogP contribution in [0.25, 0.3) is 10.8 Å². The normalized spacial score (nSPS) is 10.5. The van der Waals surface area contributed by atoms with Crippen LogP contribution in [-0.4, -0.2) is 14.9 Å². The van der Waals surface area contributed by atoms with Gasteiger partial charge in [-0.3, -0.25) is 14.9 Å². The van der Waals surface area contributed by atoms with E-state index in [1.807, 2.05) is 36.4 Å². The highest BCUT2D eigenvalue weighted by Gasteiger charge is 2.20. The zero-order chi connectivity index (χ0) is 14.8. The average Bonchev–Trinajstić information content (AvgIpc) is 2.47. The predicted molar refractivity (Wildman–Crippen MR) is 78.7 cm³/mol. The molecule has 3 aromatic rings. The van der Waals surface area contributed by atoms with Crippen molar-refractivity contribution in [2.75, 3.05) is 5.32 Å². The molecule has 21 heavy (non-hydrogen) atoms. The largest absolute Gasteiger partial charge is 0.376 e. The van der Waals surface area contributed by atoms with Gasteiger partial charge in [-0.05, 0) is 11.5 Å². The maximum absolute atomic E-state index is 11.6. The number of H-pyrrole nitrogens is 1. The van der Waals surface area contributed by atoms with Gasteiger partial charge in [-0.25, -0.2) is 4.98 Å². The van der Waals surface area contributed by atoms with Gasteiger partial charge in [0.15, 0.2) is 0 Å². The van der Waals surface area contributed by atoms with Gasteiger partial charge in [0.25, 0.3) is 0 Å². The predicted octanol–water partition coefficient (Wildman–Crippen LogP) is 2.57. The van der Waals surface area contributed by atoms with Gasteiger partial charge < -0.3 is 10.3 Å². The first-order valence-electron chi connectivity index (χ1n) is 6.13. The van der Waals surface area contributed by atoms with Crippen LogP contribution in [0.15, 0.2) is 53.6 Å². The summed E-state index contributed by atoms with van der Waals surface area (Å²) < 4.78 is 0. The van der Waals surface area contributed by atoms with Crippen molar-refractivity contribution in [1.82, 2.24) is 9.97 Å². The average molecular weight is 282 g/mol. The number of hydrogen-bond donors (Lipinski definition) is 2. The van der Waals surface area contributed by atoms with Crippen LogP contribution in [0.5, 0.6) is 0 Å². The summed E-state index contributed by atoms with van der Waals surface area (Å²) in [5, 5.41) is 15.7. The van der Waals surface area contributed by atoms with Crippen LogP contribution in [0.3, 0.4) is 0 Å². The molecule has 1 heterocycles. The maximum atomic E-state index is 11.6. The molecule has 0 aliphatic carbocycles. The van der Waals surface area contributed by atoms with Crippen LogP contribution < -0.4 is 10.9 Å². The summed E-state index contributed by atoms with van der Waals surface area (Å²) in [4.78, 5) is 27.9. The summed E-state index contributed by atoms with van der Waals surface area (Å²) in [6.45, 7) is 0. The number of anilines is 2. The van der Waals surface area contributed by atoms with Crippen LogP contribution in [0.2, 0.25) is 0 Å². The molecule has 0 amide bonds. The van der Waals surface area contributed by atoms with Gasteiger partial charge >= 0.3 is 11.2 Å². The first-order valence-corrected chi connectivity index (χ1v) is 6.13. The van der Waals surface area contributed by atoms with E-state index in [0.717, 1.165) is 17.1 Å². The number of fused-ring (bicyclic) bond motifs is 1. The Balaban J connectivity index is 2.14. The third-order valence-electron chi connectivity index (χ3n) is 3.05. The van der Waals surface area contributed by atoms with E-state index < -0.39 is 16.2 Å². The number of nitrogens with zero attached hydrogens (tertiary/aromatic N) is 2. The fourth-order valence-corrected chi connectivity index (χ4v) is 2.12. The van der Waals surface area contributed by atoms with E-state index in [1.54, 1.807) is 6.07 Å². The Morgan fingerprint density at radius 2 is 1.90 bits per heavy atom. The molecule has 0 unspecified atom stereocenters. The lowest BCUT2D eigenvalue weighted by molar-refractivity contribution is -0.385. The number of aromatic amines is 1. The summed E-state index contributed by atoms with van der Waals surface area (Å²) in [5.74, 6) is -0.0832. The van der Waals surface area contributed by atoms with Crippen molar-refractivity contribution in [3.05, 3.63) is 69.3 Å². The van der Waals surface area contributed by atoms with Crippen LogP contribution in [0, 0.1) is 10.1 Å². The Bertz CT molecular complexity index is 883. The Kier molecular flexibility index (Phi) is 3.07. The van der Waals surface area contributed by atoms with Crippen LogP contribution in [-0.2, 0) is 0 Å². The van der Waals surface area contributed by atoms with E-state index >= 15 is 0 Å². The van der Waals surface area contributed by atoms with E-state index in [0.29, 0.717) is 5.69 Å². The molecule has 0 bridgehead atoms. The minimum absolute atomic E-state index is 0.0832. The van der Waals surface area contributed by atoms with E-state index in [9.17, 15) is 14.9 Å². The zero-order valence-electron chi connectivity index (χ0n) is 10.7. The monoisotopic (exact) mass is 282 g/mol. The summed E-state index contributed by atoms with van der Waals surface area (Å²) in [5.41, 5.74) is -0.752. The van der Waals surface area contributed by atoms with Gasteiger partial charge in [-0.2, -0.15) is 0 Å². The standard InChI is InChI=1S/C14H10N4O3/c19-14-12(18(20)21)13(15-8-16-14)17-11-7-3-5-9-4-1-2-6-10(9)11/h1-8H,(H2,15,16,17,19). The lowest BCUT2D eigenvalue weighted by Crippen LogP contribution is -2.14. The highest BCUT2D eigenvalue weighted by Crippen LogP contribution is 2.27. The van der Waals surface area contributed by atoms with Gasteiger partial charge in [0.1, 0.15) is 0 Å². The highest BCUT2D eigenvalue weighted by atomic mass is 16.6. The fourth-order valence-electron chi connectivity index (χ4n) is 2.12. The van der Waals surface area contributed by atoms with Gasteiger partial charge in [-0.15, -0.1) is 0 Å². The second kappa shape index (κ2) is 5.04. The lowest BCUT2D eigenvalue weighted by Gasteiger charge is -2.08. The van der Waals surface area contributed by atoms with Crippen LogP contribution in [0.1, 0.15) is 0 Å². The Morgan fingerprint density at radius 1 is 1.14 bits per heavy atom. The van der Waals surface area contributed by atoms with E-state index in [4.69, 9.17) is 0 Å². The second-order valence-corrected chi connectivity index (χ2v) is 4.34. The number of rotatable bonds is 3. The summed E-state index contributed by atoms with van der Waals surface area (Å²) in [6.07, 6.45) is 1.13. The highest BCUT2D eigenvalue weighted by molar-refractivity contribution is 5.95. The Morgan fingerprint density at radius 3 is 2.71 bits per heavy atom. The van der Waals surface area contributed by atoms with Crippen molar-refractivity contribution in [3.63, 3.8) is 0 Å². The minimum Gasteiger partial charge on any atom is -0.334 e. The third-order valence-corrected chi connectivity index (χ3v) is 3.05. The topological polar surface area (TPSA) is 101 Å². The van der Waals surface area contributed by atoms with E-state index in [2.05, 4.69) is 15.3 Å². The Hall–Kier alpha value is -3.22. The second-order valence-electron chi connectivity index (χ2n) is 4.34. The van der Waals surface area contributed by atoms with Crippen molar-refractivity contribution < 1.29 is 4.92 Å². The van der Waals surface area contributed by atoms with Crippen LogP contribution >= 0.6 is 0 Å². The molecule has 7 heteroatoms. The lowest BCUT2D eigenvalue weighted by atomic mass is 10.1. The molecule has 2 aromatic carbocycles. The van der Waals surface area contributed by atoms with Gasteiger partial charge in [0.2, 0.25) is 5.82 Å². The van der Waals surface area contributed by atoms with Crippen molar-refractivity contribution >= 4 is 28.0 Å². The smallest absolute Gasteiger partial charge is 0.334 e. The Labute approximate surface area is 118 Å². The molecule has 2 N–H and O–H groups in total. The molecule has 7 nitrogen and oxygen atoms in total. The molecule has 3 rings (SSSR count). The van der Waals surface area contributed by atoms with Crippen molar-refractivity contribution in [2.45, 2.75) is 0 Å². The zero-order valence-corrected chi connectivity index (χ0v) is 10.7. The molecular formula is C14H10N4O3. The summed E-state index contributed by atoms with van der Waals surface area (Å²) >= 11 is 0. The molecule has 104 valence electrons. The summed E-state index contributed by atoms with van der Waals surface area (Å²) in [7, 11) is 0. The molecule has 0 atom stereocenters. The molecule has 0 spiro atoms. The minimum atomic E-state index is -0.794. The molecule has 0 saturated heterocycles. The molecule has 0 aliphatic heterocycles. The molecule has 0 fully saturated rings. The van der Waals surface area contributed by atoms with Gasteiger partial charge in [0, 0.05) is 11.1 Å². The maximum Gasteiger partial charge on any atom is 0.376 e. The molecule has 0 radical (unpaired) electrons. The first-order chi connectivity index (χ1) is 10.2. The van der Waals surface area contributed by atoms with Crippen molar-refractivity contribution in [1.29, 1.82) is 0 Å². The van der Waals surface area contributed by atoms with Crippen LogP contribution in [0.4, 0.5) is 17.2 Å². The van der Waals surface area contributed by atoms with E-state index in [1.165, 1.54) is 0 Å².